The van der Waals surface area contributed by atoms with Crippen LogP contribution in [-0.2, 0) is 27.7 Å². The largest absolute Gasteiger partial charge is 0.378 e. The number of ether oxygens (including phenoxy) is 2. The van der Waals surface area contributed by atoms with E-state index < -0.39 is 0 Å². The fourth-order valence-corrected chi connectivity index (χ4v) is 6.01. The maximum atomic E-state index is 13.2. The summed E-state index contributed by atoms with van der Waals surface area (Å²) in [5, 5.41) is 6.85. The molecule has 0 saturated heterocycles. The number of aryl methyl sites for hydroxylation is 2. The van der Waals surface area contributed by atoms with Crippen molar-refractivity contribution in [3.63, 3.8) is 0 Å². The van der Waals surface area contributed by atoms with Crippen LogP contribution in [0, 0.1) is 0 Å². The molecule has 0 spiro atoms. The fraction of sp³-hybridized carbons (Fsp3) is 0.250. The van der Waals surface area contributed by atoms with Gasteiger partial charge in [0.2, 0.25) is 5.91 Å². The van der Waals surface area contributed by atoms with Crippen molar-refractivity contribution < 1.29 is 19.1 Å². The number of amides is 2. The van der Waals surface area contributed by atoms with Crippen molar-refractivity contribution in [2.75, 3.05) is 44.8 Å². The third kappa shape index (κ3) is 7.03. The van der Waals surface area contributed by atoms with Gasteiger partial charge >= 0.3 is 0 Å². The second kappa shape index (κ2) is 15.0. The molecule has 1 aliphatic heterocycles. The number of fused-ring (bicyclic) bond motifs is 3. The summed E-state index contributed by atoms with van der Waals surface area (Å²) in [6.45, 7) is 2.59. The summed E-state index contributed by atoms with van der Waals surface area (Å²) in [4.78, 5) is 39.7. The number of carbonyl (C=O) groups is 2. The Morgan fingerprint density at radius 2 is 1.80 bits per heavy atom. The molecule has 2 amide bonds. The first kappa shape index (κ1) is 33.7. The third-order valence-electron chi connectivity index (χ3n) is 8.36. The number of pyridine rings is 1. The molecule has 252 valence electrons. The normalized spacial score (nSPS) is 12.5. The van der Waals surface area contributed by atoms with Crippen molar-refractivity contribution in [3.05, 3.63) is 90.4 Å². The number of nitrogens with one attached hydrogen (secondary N) is 2. The molecule has 0 radical (unpaired) electrons. The Hall–Kier alpha value is -5.14. The summed E-state index contributed by atoms with van der Waals surface area (Å²) in [7, 11) is 1.94. The Bertz CT molecular complexity index is 2140. The van der Waals surface area contributed by atoms with Crippen molar-refractivity contribution in [1.82, 2.24) is 29.4 Å². The molecule has 0 aliphatic carbocycles. The van der Waals surface area contributed by atoms with E-state index in [0.29, 0.717) is 69.3 Å². The lowest BCUT2D eigenvalue weighted by atomic mass is 10.0. The van der Waals surface area contributed by atoms with E-state index in [-0.39, 0.29) is 24.2 Å². The number of anilines is 1. The molecule has 4 heterocycles. The zero-order valence-corrected chi connectivity index (χ0v) is 27.8. The number of para-hydroxylation sites is 1. The predicted octanol–water partition coefficient (Wildman–Crippen LogP) is 4.67. The number of imidazole rings is 2. The number of carbonyl (C=O) groups excluding carboxylic acids is 2. The number of hydrogen-bond acceptors (Lipinski definition) is 8. The van der Waals surface area contributed by atoms with Gasteiger partial charge in [-0.05, 0) is 60.5 Å². The second-order valence-electron chi connectivity index (χ2n) is 11.6. The van der Waals surface area contributed by atoms with Gasteiger partial charge < -0.3 is 30.4 Å². The number of rotatable bonds is 12. The number of halogens is 1. The van der Waals surface area contributed by atoms with Crippen LogP contribution in [0.2, 0.25) is 0 Å². The van der Waals surface area contributed by atoms with Crippen LogP contribution in [0.4, 0.5) is 5.69 Å². The number of benzene rings is 3. The highest BCUT2D eigenvalue weighted by Crippen LogP contribution is 2.36. The van der Waals surface area contributed by atoms with Crippen LogP contribution in [0.3, 0.4) is 0 Å². The molecule has 0 unspecified atom stereocenters. The Labute approximate surface area is 289 Å². The van der Waals surface area contributed by atoms with Crippen molar-refractivity contribution in [3.8, 4) is 28.5 Å². The first-order chi connectivity index (χ1) is 23.5. The Morgan fingerprint density at radius 1 is 0.959 bits per heavy atom. The molecule has 3 aromatic carbocycles. The molecule has 0 fully saturated rings. The molecule has 0 saturated carbocycles. The van der Waals surface area contributed by atoms with Crippen molar-refractivity contribution in [2.45, 2.75) is 12.8 Å². The zero-order valence-electron chi connectivity index (χ0n) is 27.0. The lowest BCUT2D eigenvalue weighted by Gasteiger charge is -2.19. The first-order valence-corrected chi connectivity index (χ1v) is 16.0. The molecule has 0 bridgehead atoms. The molecule has 4 N–H and O–H groups in total. The highest BCUT2D eigenvalue weighted by Gasteiger charge is 2.22. The SMILES string of the molecule is Cl.Cn1cncc1-c1cc(-c2nc3cc(C(=O)NCCOCCOCCN)ccc3n2-c2ccc3c(c2)CCC(=O)N3)c2ccccc2n1. The predicted molar refractivity (Wildman–Crippen MR) is 191 cm³/mol. The molecule has 12 nitrogen and oxygen atoms in total. The number of nitrogens with two attached hydrogens (primary N) is 1. The van der Waals surface area contributed by atoms with Gasteiger partial charge in [-0.1, -0.05) is 18.2 Å². The summed E-state index contributed by atoms with van der Waals surface area (Å²) in [6, 6.07) is 21.6. The quantitative estimate of drug-likeness (QED) is 0.158. The van der Waals surface area contributed by atoms with Crippen LogP contribution in [0.15, 0.2) is 79.3 Å². The van der Waals surface area contributed by atoms with E-state index in [4.69, 9.17) is 25.2 Å². The van der Waals surface area contributed by atoms with E-state index in [2.05, 4.69) is 26.3 Å². The van der Waals surface area contributed by atoms with Gasteiger partial charge in [0.25, 0.3) is 5.91 Å². The van der Waals surface area contributed by atoms with Gasteiger partial charge in [-0.25, -0.2) is 15.0 Å². The van der Waals surface area contributed by atoms with Gasteiger partial charge in [-0.15, -0.1) is 12.4 Å². The molecule has 1 aliphatic rings. The standard InChI is InChI=1S/C36H36N8O4.ClH/c1-43-22-38-21-33(43)31-20-27(26-4-2-3-5-29(26)40-31)35-42-30-19-24(36(46)39-13-15-48-17-16-47-14-12-37)6-10-32(30)44(35)25-8-9-28-23(18-25)7-11-34(45)41-28;/h2-6,8-10,18-22H,7,11-17,37H2,1H3,(H,39,46)(H,41,45);1H. The minimum Gasteiger partial charge on any atom is -0.378 e. The average molecular weight is 681 g/mol. The van der Waals surface area contributed by atoms with Crippen LogP contribution in [-0.4, -0.2) is 75.4 Å². The topological polar surface area (TPSA) is 151 Å². The number of aromatic nitrogens is 5. The highest BCUT2D eigenvalue weighted by atomic mass is 35.5. The molecule has 3 aromatic heterocycles. The van der Waals surface area contributed by atoms with E-state index in [0.717, 1.165) is 50.3 Å². The zero-order chi connectivity index (χ0) is 33.0. The van der Waals surface area contributed by atoms with Gasteiger partial charge in [0.15, 0.2) is 0 Å². The Kier molecular flexibility index (Phi) is 10.3. The molecular formula is C36H37ClN8O4. The molecule has 6 aromatic rings. The maximum Gasteiger partial charge on any atom is 0.251 e. The average Bonchev–Trinajstić information content (AvgIpc) is 3.71. The van der Waals surface area contributed by atoms with E-state index in [1.54, 1.807) is 12.5 Å². The van der Waals surface area contributed by atoms with Gasteiger partial charge in [0.1, 0.15) is 5.82 Å². The summed E-state index contributed by atoms with van der Waals surface area (Å²) < 4.78 is 14.9. The second-order valence-corrected chi connectivity index (χ2v) is 11.6. The smallest absolute Gasteiger partial charge is 0.251 e. The van der Waals surface area contributed by atoms with Crippen molar-refractivity contribution in [2.24, 2.45) is 12.8 Å². The van der Waals surface area contributed by atoms with Gasteiger partial charge in [-0.2, -0.15) is 0 Å². The lowest BCUT2D eigenvalue weighted by molar-refractivity contribution is -0.116. The molecule has 13 heteroatoms. The molecule has 0 atom stereocenters. The monoisotopic (exact) mass is 680 g/mol. The van der Waals surface area contributed by atoms with Crippen LogP contribution in [0.1, 0.15) is 22.3 Å². The van der Waals surface area contributed by atoms with E-state index >= 15 is 0 Å². The minimum absolute atomic E-state index is 0. The molecule has 7 rings (SSSR count). The number of hydrogen-bond donors (Lipinski definition) is 3. The van der Waals surface area contributed by atoms with Crippen molar-refractivity contribution in [1.29, 1.82) is 0 Å². The molecule has 49 heavy (non-hydrogen) atoms. The third-order valence-corrected chi connectivity index (χ3v) is 8.36. The summed E-state index contributed by atoms with van der Waals surface area (Å²) >= 11 is 0. The van der Waals surface area contributed by atoms with Gasteiger partial charge in [0.05, 0.1) is 66.9 Å². The van der Waals surface area contributed by atoms with E-state index in [1.807, 2.05) is 72.3 Å². The lowest BCUT2D eigenvalue weighted by Crippen LogP contribution is -2.27. The van der Waals surface area contributed by atoms with E-state index in [1.165, 1.54) is 0 Å². The minimum atomic E-state index is -0.214. The summed E-state index contributed by atoms with van der Waals surface area (Å²) in [5.74, 6) is 0.506. The Morgan fingerprint density at radius 3 is 2.61 bits per heavy atom. The van der Waals surface area contributed by atoms with Gasteiger partial charge in [0, 0.05) is 54.4 Å². The maximum absolute atomic E-state index is 13.2. The summed E-state index contributed by atoms with van der Waals surface area (Å²) in [6.07, 6.45) is 4.63. The van der Waals surface area contributed by atoms with Crippen LogP contribution in [0.25, 0.3) is 50.4 Å². The van der Waals surface area contributed by atoms with Gasteiger partial charge in [-0.3, -0.25) is 14.2 Å². The van der Waals surface area contributed by atoms with Crippen LogP contribution >= 0.6 is 12.4 Å². The highest BCUT2D eigenvalue weighted by molar-refractivity contribution is 6.01. The van der Waals surface area contributed by atoms with E-state index in [9.17, 15) is 9.59 Å². The fourth-order valence-electron chi connectivity index (χ4n) is 6.01. The Balaban J connectivity index is 0.00000417. The van der Waals surface area contributed by atoms with Crippen molar-refractivity contribution >= 4 is 51.8 Å². The first-order valence-electron chi connectivity index (χ1n) is 16.0. The van der Waals surface area contributed by atoms with Crippen LogP contribution < -0.4 is 16.4 Å². The van der Waals surface area contributed by atoms with Crippen LogP contribution in [0.5, 0.6) is 0 Å². The summed E-state index contributed by atoms with van der Waals surface area (Å²) in [5.41, 5.74) is 13.6. The number of nitrogens with zero attached hydrogens (tertiary/aromatic N) is 5. The molecular weight excluding hydrogens is 644 g/mol.